The lowest BCUT2D eigenvalue weighted by atomic mass is 10.0. The summed E-state index contributed by atoms with van der Waals surface area (Å²) in [7, 11) is 0. The van der Waals surface area contributed by atoms with E-state index in [-0.39, 0.29) is 18.6 Å². The number of aliphatic carboxylic acids is 2. The number of benzene rings is 1. The van der Waals surface area contributed by atoms with Crippen molar-refractivity contribution in [1.29, 1.82) is 0 Å². The number of carboxylic acids is 2. The minimum absolute atomic E-state index is 0.149. The molecule has 1 rings (SSSR count). The fourth-order valence-electron chi connectivity index (χ4n) is 2.53. The average molecular weight is 455 g/mol. The molecule has 170 valence electrons. The highest BCUT2D eigenvalue weighted by molar-refractivity contribution is 7.80. The van der Waals surface area contributed by atoms with Crippen molar-refractivity contribution in [1.82, 2.24) is 16.0 Å². The molecular weight excluding hydrogens is 428 g/mol. The molecule has 1 aromatic rings. The molecule has 0 saturated heterocycles. The van der Waals surface area contributed by atoms with Gasteiger partial charge < -0.3 is 31.9 Å². The summed E-state index contributed by atoms with van der Waals surface area (Å²) in [5, 5.41) is 24.4. The van der Waals surface area contributed by atoms with Gasteiger partial charge in [0.1, 0.15) is 18.6 Å². The molecular formula is C19H26N4O7S. The maximum Gasteiger partial charge on any atom is 0.322 e. The third-order valence-electron chi connectivity index (χ3n) is 4.14. The standard InChI is InChI=1S/C19H26N4O7S/c20-12(8-11-4-2-1-3-5-11)17(28)22-13(6-7-15(24)25)19(30)23-14(10-31)18(29)21-9-16(26)27/h1-5,12-14,31H,6-10,20H2,(H,21,29)(H,22,28)(H,23,30)(H,24,25)(H,26,27). The van der Waals surface area contributed by atoms with E-state index in [2.05, 4.69) is 28.6 Å². The van der Waals surface area contributed by atoms with Gasteiger partial charge in [0.25, 0.3) is 0 Å². The highest BCUT2D eigenvalue weighted by Crippen LogP contribution is 2.04. The number of nitrogens with two attached hydrogens (primary N) is 1. The Kier molecular flexibility index (Phi) is 11.1. The van der Waals surface area contributed by atoms with Crippen LogP contribution in [-0.4, -0.2) is 70.3 Å². The zero-order chi connectivity index (χ0) is 23.4. The molecule has 0 saturated carbocycles. The van der Waals surface area contributed by atoms with E-state index in [0.29, 0.717) is 0 Å². The van der Waals surface area contributed by atoms with Crippen LogP contribution in [-0.2, 0) is 30.4 Å². The minimum atomic E-state index is -1.27. The molecule has 7 N–H and O–H groups in total. The number of amides is 3. The molecule has 31 heavy (non-hydrogen) atoms. The highest BCUT2D eigenvalue weighted by atomic mass is 32.1. The van der Waals surface area contributed by atoms with Crippen LogP contribution in [0.1, 0.15) is 18.4 Å². The molecule has 0 aliphatic heterocycles. The van der Waals surface area contributed by atoms with Crippen molar-refractivity contribution < 1.29 is 34.2 Å². The van der Waals surface area contributed by atoms with Crippen LogP contribution >= 0.6 is 12.6 Å². The molecule has 0 bridgehead atoms. The zero-order valence-corrected chi connectivity index (χ0v) is 17.5. The topological polar surface area (TPSA) is 188 Å². The van der Waals surface area contributed by atoms with E-state index in [0.717, 1.165) is 5.56 Å². The molecule has 3 unspecified atom stereocenters. The van der Waals surface area contributed by atoms with Gasteiger partial charge in [0.2, 0.25) is 17.7 Å². The second kappa shape index (κ2) is 13.2. The lowest BCUT2D eigenvalue weighted by Crippen LogP contribution is -2.56. The average Bonchev–Trinajstić information content (AvgIpc) is 2.73. The summed E-state index contributed by atoms with van der Waals surface area (Å²) in [6.45, 7) is -0.646. The summed E-state index contributed by atoms with van der Waals surface area (Å²) in [6.07, 6.45) is -0.444. The molecule has 0 aromatic heterocycles. The summed E-state index contributed by atoms with van der Waals surface area (Å²) in [5.74, 6) is -4.85. The van der Waals surface area contributed by atoms with Crippen LogP contribution < -0.4 is 21.7 Å². The predicted molar refractivity (Wildman–Crippen MR) is 113 cm³/mol. The third-order valence-corrected chi connectivity index (χ3v) is 4.51. The van der Waals surface area contributed by atoms with E-state index in [9.17, 15) is 24.0 Å². The van der Waals surface area contributed by atoms with Gasteiger partial charge in [-0.1, -0.05) is 30.3 Å². The molecule has 0 heterocycles. The number of thiol groups is 1. The molecule has 11 nitrogen and oxygen atoms in total. The Labute approximate surface area is 184 Å². The van der Waals surface area contributed by atoms with Crippen molar-refractivity contribution in [3.63, 3.8) is 0 Å². The first-order valence-corrected chi connectivity index (χ1v) is 9.99. The number of carbonyl (C=O) groups is 5. The predicted octanol–water partition coefficient (Wildman–Crippen LogP) is -1.48. The molecule has 0 aliphatic rings. The lowest BCUT2D eigenvalue weighted by molar-refractivity contribution is -0.138. The summed E-state index contributed by atoms with van der Waals surface area (Å²) in [4.78, 5) is 58.5. The Morgan fingerprint density at radius 2 is 1.52 bits per heavy atom. The second-order valence-corrected chi connectivity index (χ2v) is 7.01. The second-order valence-electron chi connectivity index (χ2n) is 6.65. The van der Waals surface area contributed by atoms with Gasteiger partial charge in [-0.05, 0) is 18.4 Å². The summed E-state index contributed by atoms with van der Waals surface area (Å²) in [6, 6.07) is 5.53. The van der Waals surface area contributed by atoms with Gasteiger partial charge >= 0.3 is 11.9 Å². The zero-order valence-electron chi connectivity index (χ0n) is 16.6. The molecule has 0 spiro atoms. The Morgan fingerprint density at radius 3 is 2.06 bits per heavy atom. The van der Waals surface area contributed by atoms with Gasteiger partial charge in [-0.3, -0.25) is 24.0 Å². The quantitative estimate of drug-likeness (QED) is 0.176. The summed E-state index contributed by atoms with van der Waals surface area (Å²) in [5.41, 5.74) is 6.71. The molecule has 0 radical (unpaired) electrons. The van der Waals surface area contributed by atoms with Crippen LogP contribution in [0.2, 0.25) is 0 Å². The summed E-state index contributed by atoms with van der Waals surface area (Å²) >= 11 is 3.96. The van der Waals surface area contributed by atoms with Gasteiger partial charge in [-0.25, -0.2) is 0 Å². The van der Waals surface area contributed by atoms with Gasteiger partial charge in [-0.15, -0.1) is 0 Å². The van der Waals surface area contributed by atoms with Crippen molar-refractivity contribution in [3.05, 3.63) is 35.9 Å². The molecule has 12 heteroatoms. The molecule has 0 aliphatic carbocycles. The number of nitrogens with one attached hydrogen (secondary N) is 3. The van der Waals surface area contributed by atoms with Crippen LogP contribution in [0.15, 0.2) is 30.3 Å². The first kappa shape index (κ1) is 25.9. The first-order chi connectivity index (χ1) is 14.6. The maximum absolute atomic E-state index is 12.6. The fourth-order valence-corrected chi connectivity index (χ4v) is 2.79. The van der Waals surface area contributed by atoms with Crippen LogP contribution in [0.3, 0.4) is 0 Å². The van der Waals surface area contributed by atoms with Gasteiger partial charge in [0, 0.05) is 12.2 Å². The van der Waals surface area contributed by atoms with Gasteiger partial charge in [0.15, 0.2) is 0 Å². The van der Waals surface area contributed by atoms with Crippen molar-refractivity contribution >= 4 is 42.3 Å². The normalized spacial score (nSPS) is 13.4. The lowest BCUT2D eigenvalue weighted by Gasteiger charge is -2.23. The van der Waals surface area contributed by atoms with Crippen molar-refractivity contribution in [2.24, 2.45) is 5.73 Å². The van der Waals surface area contributed by atoms with E-state index in [1.807, 2.05) is 6.07 Å². The molecule has 1 aromatic carbocycles. The van der Waals surface area contributed by atoms with Crippen LogP contribution in [0.4, 0.5) is 0 Å². The first-order valence-electron chi connectivity index (χ1n) is 9.36. The summed E-state index contributed by atoms with van der Waals surface area (Å²) < 4.78 is 0. The third kappa shape index (κ3) is 9.96. The van der Waals surface area contributed by atoms with Crippen molar-refractivity contribution in [2.75, 3.05) is 12.3 Å². The van der Waals surface area contributed by atoms with Gasteiger partial charge in [0.05, 0.1) is 6.04 Å². The van der Waals surface area contributed by atoms with E-state index in [1.165, 1.54) is 0 Å². The largest absolute Gasteiger partial charge is 0.481 e. The van der Waals surface area contributed by atoms with E-state index < -0.39 is 60.8 Å². The van der Waals surface area contributed by atoms with Gasteiger partial charge in [-0.2, -0.15) is 12.6 Å². The Bertz CT molecular complexity index is 791. The number of hydrogen-bond donors (Lipinski definition) is 7. The highest BCUT2D eigenvalue weighted by Gasteiger charge is 2.28. The number of carboxylic acid groups (broad SMARTS) is 2. The SMILES string of the molecule is NC(Cc1ccccc1)C(=O)NC(CCC(=O)O)C(=O)NC(CS)C(=O)NCC(=O)O. The Morgan fingerprint density at radius 1 is 0.903 bits per heavy atom. The maximum atomic E-state index is 12.6. The Hall–Kier alpha value is -3.12. The fraction of sp³-hybridized carbons (Fsp3) is 0.421. The van der Waals surface area contributed by atoms with Crippen LogP contribution in [0.25, 0.3) is 0 Å². The van der Waals surface area contributed by atoms with E-state index in [4.69, 9.17) is 15.9 Å². The van der Waals surface area contributed by atoms with E-state index >= 15 is 0 Å². The monoisotopic (exact) mass is 454 g/mol. The Balaban J connectivity index is 2.79. The smallest absolute Gasteiger partial charge is 0.322 e. The minimum Gasteiger partial charge on any atom is -0.481 e. The van der Waals surface area contributed by atoms with Crippen molar-refractivity contribution in [2.45, 2.75) is 37.4 Å². The molecule has 3 amide bonds. The molecule has 3 atom stereocenters. The number of rotatable bonds is 13. The van der Waals surface area contributed by atoms with Crippen LogP contribution in [0, 0.1) is 0 Å². The van der Waals surface area contributed by atoms with E-state index in [1.54, 1.807) is 24.3 Å². The van der Waals surface area contributed by atoms with Crippen molar-refractivity contribution in [3.8, 4) is 0 Å². The number of carbonyl (C=O) groups excluding carboxylic acids is 3. The number of hydrogen-bond acceptors (Lipinski definition) is 7. The van der Waals surface area contributed by atoms with Crippen LogP contribution in [0.5, 0.6) is 0 Å². The molecule has 0 fully saturated rings.